The Bertz CT molecular complexity index is 397. The first-order chi connectivity index (χ1) is 8.14. The Kier molecular flexibility index (Phi) is 3.51. The van der Waals surface area contributed by atoms with Crippen LogP contribution in [0.2, 0.25) is 0 Å². The molecule has 0 N–H and O–H groups in total. The first-order valence-electron chi connectivity index (χ1n) is 6.48. The van der Waals surface area contributed by atoms with Crippen molar-refractivity contribution in [1.82, 2.24) is 0 Å². The first-order valence-corrected chi connectivity index (χ1v) is 6.48. The third-order valence-corrected chi connectivity index (χ3v) is 4.36. The second-order valence-electron chi connectivity index (χ2n) is 5.64. The lowest BCUT2D eigenvalue weighted by atomic mass is 9.54. The van der Waals surface area contributed by atoms with Crippen LogP contribution in [0.4, 0.5) is 0 Å². The Morgan fingerprint density at radius 2 is 2.00 bits per heavy atom. The highest BCUT2D eigenvalue weighted by atomic mass is 14.5. The van der Waals surface area contributed by atoms with Crippen LogP contribution in [-0.4, -0.2) is 0 Å². The Balaban J connectivity index is 1.88. The second kappa shape index (κ2) is 4.91. The molecule has 0 aliphatic heterocycles. The van der Waals surface area contributed by atoms with E-state index in [2.05, 4.69) is 69.0 Å². The van der Waals surface area contributed by atoms with Crippen LogP contribution in [0.1, 0.15) is 32.3 Å². The minimum Gasteiger partial charge on any atom is -0.103 e. The van der Waals surface area contributed by atoms with Crippen LogP contribution in [0.5, 0.6) is 0 Å². The molecule has 0 radical (unpaired) electrons. The van der Waals surface area contributed by atoms with Crippen molar-refractivity contribution >= 4 is 6.08 Å². The van der Waals surface area contributed by atoms with Gasteiger partial charge in [0.25, 0.3) is 0 Å². The molecule has 2 rings (SSSR count). The van der Waals surface area contributed by atoms with Crippen LogP contribution in [0.3, 0.4) is 0 Å². The molecule has 90 valence electrons. The quantitative estimate of drug-likeness (QED) is 0.638. The minimum atomic E-state index is 0.433. The lowest BCUT2D eigenvalue weighted by molar-refractivity contribution is 0.0144. The molecule has 0 heteroatoms. The van der Waals surface area contributed by atoms with Gasteiger partial charge in [-0.15, -0.1) is 6.58 Å². The third-order valence-electron chi connectivity index (χ3n) is 4.36. The van der Waals surface area contributed by atoms with E-state index in [0.29, 0.717) is 11.3 Å². The van der Waals surface area contributed by atoms with Crippen molar-refractivity contribution in [3.63, 3.8) is 0 Å². The van der Waals surface area contributed by atoms with E-state index >= 15 is 0 Å². The molecule has 0 unspecified atom stereocenters. The average molecular weight is 226 g/mol. The number of allylic oxidation sites excluding steroid dienone is 2. The van der Waals surface area contributed by atoms with Crippen molar-refractivity contribution in [3.8, 4) is 0 Å². The van der Waals surface area contributed by atoms with Gasteiger partial charge in [0, 0.05) is 0 Å². The SMILES string of the molecule is C=C[C@@H]1C[C@H](C/C=C/c2ccccc2)C1(C)C. The Hall–Kier alpha value is -1.30. The van der Waals surface area contributed by atoms with Gasteiger partial charge in [-0.2, -0.15) is 0 Å². The molecule has 1 aromatic carbocycles. The van der Waals surface area contributed by atoms with Crippen LogP contribution >= 0.6 is 0 Å². The lowest BCUT2D eigenvalue weighted by Crippen LogP contribution is -2.43. The summed E-state index contributed by atoms with van der Waals surface area (Å²) in [5.74, 6) is 1.52. The standard InChI is InChI=1S/C17H22/c1-4-15-13-16(17(15,2)3)12-8-11-14-9-6-5-7-10-14/h4-11,15-16H,1,12-13H2,2-3H3/b11-8+/t15-,16+/m1/s1. The van der Waals surface area contributed by atoms with E-state index < -0.39 is 0 Å². The molecule has 0 amide bonds. The molecular formula is C17H22. The highest BCUT2D eigenvalue weighted by Gasteiger charge is 2.45. The summed E-state index contributed by atoms with van der Waals surface area (Å²) in [7, 11) is 0. The average Bonchev–Trinajstić information content (AvgIpc) is 2.34. The fourth-order valence-electron chi connectivity index (χ4n) is 2.79. The van der Waals surface area contributed by atoms with E-state index in [4.69, 9.17) is 0 Å². The minimum absolute atomic E-state index is 0.433. The van der Waals surface area contributed by atoms with Crippen molar-refractivity contribution in [2.75, 3.05) is 0 Å². The molecular weight excluding hydrogens is 204 g/mol. The normalized spacial score (nSPS) is 26.7. The van der Waals surface area contributed by atoms with Crippen LogP contribution in [0, 0.1) is 17.3 Å². The molecule has 0 saturated heterocycles. The summed E-state index contributed by atoms with van der Waals surface area (Å²) >= 11 is 0. The highest BCUT2D eigenvalue weighted by Crippen LogP contribution is 2.53. The van der Waals surface area contributed by atoms with Gasteiger partial charge in [0.1, 0.15) is 0 Å². The highest BCUT2D eigenvalue weighted by molar-refractivity contribution is 5.48. The zero-order valence-electron chi connectivity index (χ0n) is 10.9. The summed E-state index contributed by atoms with van der Waals surface area (Å²) in [6.07, 6.45) is 9.16. The topological polar surface area (TPSA) is 0 Å². The fourth-order valence-corrected chi connectivity index (χ4v) is 2.79. The summed E-state index contributed by atoms with van der Waals surface area (Å²) < 4.78 is 0. The molecule has 0 nitrogen and oxygen atoms in total. The van der Waals surface area contributed by atoms with Gasteiger partial charge >= 0.3 is 0 Å². The first kappa shape index (κ1) is 12.2. The summed E-state index contributed by atoms with van der Waals surface area (Å²) in [5, 5.41) is 0. The van der Waals surface area contributed by atoms with Gasteiger partial charge < -0.3 is 0 Å². The van der Waals surface area contributed by atoms with Crippen molar-refractivity contribution in [2.45, 2.75) is 26.7 Å². The largest absolute Gasteiger partial charge is 0.103 e. The summed E-state index contributed by atoms with van der Waals surface area (Å²) in [6, 6.07) is 10.5. The van der Waals surface area contributed by atoms with Gasteiger partial charge in [0.15, 0.2) is 0 Å². The van der Waals surface area contributed by atoms with E-state index in [0.717, 1.165) is 5.92 Å². The number of hydrogen-bond donors (Lipinski definition) is 0. The van der Waals surface area contributed by atoms with Gasteiger partial charge in [-0.05, 0) is 35.7 Å². The third kappa shape index (κ3) is 2.52. The van der Waals surface area contributed by atoms with Gasteiger partial charge in [-0.1, -0.05) is 62.4 Å². The van der Waals surface area contributed by atoms with Gasteiger partial charge in [-0.25, -0.2) is 0 Å². The molecule has 1 aliphatic rings. The zero-order valence-corrected chi connectivity index (χ0v) is 10.9. The van der Waals surface area contributed by atoms with Crippen LogP contribution < -0.4 is 0 Å². The monoisotopic (exact) mass is 226 g/mol. The predicted octanol–water partition coefficient (Wildman–Crippen LogP) is 4.94. The Morgan fingerprint density at radius 1 is 1.29 bits per heavy atom. The van der Waals surface area contributed by atoms with E-state index in [-0.39, 0.29) is 0 Å². The molecule has 0 aromatic heterocycles. The van der Waals surface area contributed by atoms with Crippen molar-refractivity contribution in [2.24, 2.45) is 17.3 Å². The Morgan fingerprint density at radius 3 is 2.59 bits per heavy atom. The molecule has 0 bridgehead atoms. The second-order valence-corrected chi connectivity index (χ2v) is 5.64. The summed E-state index contributed by atoms with van der Waals surface area (Å²) in [6.45, 7) is 8.65. The van der Waals surface area contributed by atoms with Gasteiger partial charge in [0.2, 0.25) is 0 Å². The van der Waals surface area contributed by atoms with Crippen molar-refractivity contribution < 1.29 is 0 Å². The van der Waals surface area contributed by atoms with Crippen LogP contribution in [-0.2, 0) is 0 Å². The van der Waals surface area contributed by atoms with Crippen molar-refractivity contribution in [3.05, 3.63) is 54.6 Å². The van der Waals surface area contributed by atoms with E-state index in [1.165, 1.54) is 18.4 Å². The predicted molar refractivity (Wildman–Crippen MR) is 75.7 cm³/mol. The molecule has 2 atom stereocenters. The number of benzene rings is 1. The number of rotatable bonds is 4. The summed E-state index contributed by atoms with van der Waals surface area (Å²) in [4.78, 5) is 0. The van der Waals surface area contributed by atoms with E-state index in [1.807, 2.05) is 0 Å². The van der Waals surface area contributed by atoms with E-state index in [9.17, 15) is 0 Å². The Labute approximate surface area is 105 Å². The van der Waals surface area contributed by atoms with Gasteiger partial charge in [0.05, 0.1) is 0 Å². The van der Waals surface area contributed by atoms with Gasteiger partial charge in [-0.3, -0.25) is 0 Å². The maximum absolute atomic E-state index is 3.92. The van der Waals surface area contributed by atoms with Crippen molar-refractivity contribution in [1.29, 1.82) is 0 Å². The number of hydrogen-bond acceptors (Lipinski definition) is 0. The van der Waals surface area contributed by atoms with Crippen LogP contribution in [0.15, 0.2) is 49.1 Å². The molecule has 0 spiro atoms. The summed E-state index contributed by atoms with van der Waals surface area (Å²) in [5.41, 5.74) is 1.73. The lowest BCUT2D eigenvalue weighted by Gasteiger charge is -2.51. The maximum Gasteiger partial charge on any atom is -0.0179 e. The van der Waals surface area contributed by atoms with Crippen LogP contribution in [0.25, 0.3) is 6.08 Å². The smallest absolute Gasteiger partial charge is 0.0179 e. The zero-order chi connectivity index (χ0) is 12.3. The maximum atomic E-state index is 3.92. The molecule has 1 aromatic rings. The molecule has 17 heavy (non-hydrogen) atoms. The molecule has 1 aliphatic carbocycles. The van der Waals surface area contributed by atoms with E-state index in [1.54, 1.807) is 0 Å². The molecule has 1 saturated carbocycles. The fraction of sp³-hybridized carbons (Fsp3) is 0.412. The molecule has 0 heterocycles. The molecule has 1 fully saturated rings.